The predicted octanol–water partition coefficient (Wildman–Crippen LogP) is 4.97. The van der Waals surface area contributed by atoms with E-state index in [1.807, 2.05) is 22.9 Å². The molecule has 3 nitrogen and oxygen atoms in total. The zero-order valence-corrected chi connectivity index (χ0v) is 13.7. The molecule has 0 fully saturated rings. The normalized spacial score (nSPS) is 11.1. The van der Waals surface area contributed by atoms with Gasteiger partial charge in [0, 0.05) is 34.5 Å². The maximum absolute atomic E-state index is 13.5. The maximum atomic E-state index is 13.5. The van der Waals surface area contributed by atoms with Gasteiger partial charge in [0.15, 0.2) is 5.78 Å². The first-order valence-corrected chi connectivity index (χ1v) is 8.38. The molecule has 0 aliphatic rings. The summed E-state index contributed by atoms with van der Waals surface area (Å²) in [7, 11) is 0. The molecule has 0 aliphatic heterocycles. The van der Waals surface area contributed by atoms with Crippen molar-refractivity contribution in [1.82, 2.24) is 9.97 Å². The van der Waals surface area contributed by atoms with E-state index in [4.69, 9.17) is 0 Å². The van der Waals surface area contributed by atoms with Crippen LogP contribution in [0, 0.1) is 12.7 Å². The lowest BCUT2D eigenvalue weighted by Gasteiger charge is -2.05. The second-order valence-corrected chi connectivity index (χ2v) is 6.40. The van der Waals surface area contributed by atoms with Crippen molar-refractivity contribution in [2.24, 2.45) is 0 Å². The van der Waals surface area contributed by atoms with E-state index in [2.05, 4.69) is 9.97 Å². The van der Waals surface area contributed by atoms with Gasteiger partial charge in [0.2, 0.25) is 0 Å². The molecule has 24 heavy (non-hydrogen) atoms. The Hall–Kier alpha value is -2.79. The molecule has 3 heterocycles. The summed E-state index contributed by atoms with van der Waals surface area (Å²) < 4.78 is 13.5. The Labute approximate surface area is 141 Å². The van der Waals surface area contributed by atoms with Crippen LogP contribution in [0.1, 0.15) is 21.5 Å². The lowest BCUT2D eigenvalue weighted by Crippen LogP contribution is -2.03. The molecular weight excluding hydrogens is 323 g/mol. The van der Waals surface area contributed by atoms with Crippen molar-refractivity contribution in [2.45, 2.75) is 6.92 Å². The van der Waals surface area contributed by atoms with E-state index in [0.717, 1.165) is 22.1 Å². The highest BCUT2D eigenvalue weighted by molar-refractivity contribution is 7.08. The zero-order valence-electron chi connectivity index (χ0n) is 12.8. The van der Waals surface area contributed by atoms with Crippen LogP contribution in [0.4, 0.5) is 4.39 Å². The number of H-pyrrole nitrogens is 1. The third kappa shape index (κ3) is 2.43. The molecule has 1 N–H and O–H groups in total. The zero-order chi connectivity index (χ0) is 16.7. The predicted molar refractivity (Wildman–Crippen MR) is 94.0 cm³/mol. The van der Waals surface area contributed by atoms with Crippen molar-refractivity contribution in [2.75, 3.05) is 0 Å². The summed E-state index contributed by atoms with van der Waals surface area (Å²) in [5.74, 6) is -0.622. The first-order chi connectivity index (χ1) is 11.6. The molecular formula is C19H13FN2OS. The van der Waals surface area contributed by atoms with Crippen molar-refractivity contribution < 1.29 is 9.18 Å². The number of pyridine rings is 1. The number of nitrogens with zero attached hydrogens (tertiary/aromatic N) is 1. The molecule has 4 rings (SSSR count). The van der Waals surface area contributed by atoms with Crippen molar-refractivity contribution in [3.8, 4) is 11.1 Å². The lowest BCUT2D eigenvalue weighted by molar-refractivity contribution is 0.103. The number of hydrogen-bond donors (Lipinski definition) is 1. The third-order valence-electron chi connectivity index (χ3n) is 4.07. The van der Waals surface area contributed by atoms with Gasteiger partial charge in [-0.05, 0) is 53.1 Å². The molecule has 0 aliphatic carbocycles. The number of aromatic nitrogens is 2. The van der Waals surface area contributed by atoms with E-state index in [1.165, 1.54) is 12.1 Å². The monoisotopic (exact) mass is 336 g/mol. The Balaban J connectivity index is 1.86. The molecule has 0 atom stereocenters. The first-order valence-electron chi connectivity index (χ1n) is 7.44. The van der Waals surface area contributed by atoms with Crippen LogP contribution in [0.3, 0.4) is 0 Å². The molecule has 1 aromatic carbocycles. The smallest absolute Gasteiger partial charge is 0.195 e. The summed E-state index contributed by atoms with van der Waals surface area (Å²) >= 11 is 1.61. The minimum absolute atomic E-state index is 0.206. The number of fused-ring (bicyclic) bond motifs is 1. The number of aromatic amines is 1. The van der Waals surface area contributed by atoms with Crippen LogP contribution in [0.25, 0.3) is 22.2 Å². The molecule has 0 bridgehead atoms. The van der Waals surface area contributed by atoms with Crippen molar-refractivity contribution in [3.63, 3.8) is 0 Å². The van der Waals surface area contributed by atoms with Gasteiger partial charge in [0.1, 0.15) is 11.5 Å². The number of thiophene rings is 1. The number of nitrogens with one attached hydrogen (secondary N) is 1. The number of carbonyl (C=O) groups is 1. The van der Waals surface area contributed by atoms with E-state index in [-0.39, 0.29) is 5.78 Å². The number of aryl methyl sites for hydroxylation is 1. The Kier molecular flexibility index (Phi) is 3.50. The van der Waals surface area contributed by atoms with Crippen LogP contribution in [0.5, 0.6) is 0 Å². The van der Waals surface area contributed by atoms with Crippen molar-refractivity contribution >= 4 is 28.2 Å². The fraction of sp³-hybridized carbons (Fsp3) is 0.0526. The molecule has 0 unspecified atom stereocenters. The molecule has 4 aromatic rings. The number of halogens is 1. The summed E-state index contributed by atoms with van der Waals surface area (Å²) in [5.41, 5.74) is 4.29. The number of rotatable bonds is 3. The molecule has 0 spiro atoms. The van der Waals surface area contributed by atoms with Crippen LogP contribution < -0.4 is 0 Å². The number of hydrogen-bond acceptors (Lipinski definition) is 3. The second kappa shape index (κ2) is 5.69. The van der Waals surface area contributed by atoms with Crippen molar-refractivity contribution in [3.05, 3.63) is 76.0 Å². The molecule has 0 amide bonds. The van der Waals surface area contributed by atoms with Gasteiger partial charge in [-0.2, -0.15) is 11.3 Å². The fourth-order valence-corrected chi connectivity index (χ4v) is 3.43. The average molecular weight is 336 g/mol. The van der Waals surface area contributed by atoms with E-state index in [1.54, 1.807) is 36.7 Å². The standard InChI is InChI=1S/C19H13FN2OS/c1-11-2-3-14(20)7-15(11)18(23)17-9-22-19-16(17)6-13(8-21-19)12-4-5-24-10-12/h2-10H,1H3,(H,21,22). The van der Waals surface area contributed by atoms with E-state index >= 15 is 0 Å². The maximum Gasteiger partial charge on any atom is 0.195 e. The highest BCUT2D eigenvalue weighted by atomic mass is 32.1. The fourth-order valence-electron chi connectivity index (χ4n) is 2.76. The van der Waals surface area contributed by atoms with Crippen LogP contribution >= 0.6 is 11.3 Å². The number of ketones is 1. The first kappa shape index (κ1) is 14.8. The van der Waals surface area contributed by atoms with Gasteiger partial charge in [-0.25, -0.2) is 9.37 Å². The van der Waals surface area contributed by atoms with Gasteiger partial charge in [-0.15, -0.1) is 0 Å². The van der Waals surface area contributed by atoms with Crippen LogP contribution in [0.2, 0.25) is 0 Å². The number of benzene rings is 1. The van der Waals surface area contributed by atoms with E-state index in [9.17, 15) is 9.18 Å². The third-order valence-corrected chi connectivity index (χ3v) is 4.76. The summed E-state index contributed by atoms with van der Waals surface area (Å²) in [4.78, 5) is 20.3. The topological polar surface area (TPSA) is 45.8 Å². The highest BCUT2D eigenvalue weighted by Crippen LogP contribution is 2.28. The minimum Gasteiger partial charge on any atom is -0.345 e. The summed E-state index contributed by atoms with van der Waals surface area (Å²) in [6, 6.07) is 8.22. The minimum atomic E-state index is -0.416. The quantitative estimate of drug-likeness (QED) is 0.537. The Morgan fingerprint density at radius 3 is 2.83 bits per heavy atom. The Morgan fingerprint density at radius 1 is 1.17 bits per heavy atom. The van der Waals surface area contributed by atoms with Crippen LogP contribution in [0.15, 0.2) is 53.5 Å². The molecule has 0 radical (unpaired) electrons. The largest absolute Gasteiger partial charge is 0.345 e. The van der Waals surface area contributed by atoms with Gasteiger partial charge in [0.05, 0.1) is 0 Å². The van der Waals surface area contributed by atoms with E-state index in [0.29, 0.717) is 16.8 Å². The Bertz CT molecular complexity index is 1050. The van der Waals surface area contributed by atoms with Gasteiger partial charge >= 0.3 is 0 Å². The molecule has 3 aromatic heterocycles. The summed E-state index contributed by atoms with van der Waals surface area (Å²) in [5, 5.41) is 4.78. The highest BCUT2D eigenvalue weighted by Gasteiger charge is 2.18. The summed E-state index contributed by atoms with van der Waals surface area (Å²) in [6.07, 6.45) is 3.42. The average Bonchev–Trinajstić information content (AvgIpc) is 3.25. The lowest BCUT2D eigenvalue weighted by atomic mass is 9.98. The SMILES string of the molecule is Cc1ccc(F)cc1C(=O)c1c[nH]c2ncc(-c3ccsc3)cc12. The summed E-state index contributed by atoms with van der Waals surface area (Å²) in [6.45, 7) is 1.80. The Morgan fingerprint density at radius 2 is 2.04 bits per heavy atom. The van der Waals surface area contributed by atoms with Crippen LogP contribution in [-0.2, 0) is 0 Å². The van der Waals surface area contributed by atoms with Gasteiger partial charge in [0.25, 0.3) is 0 Å². The molecule has 5 heteroatoms. The number of carbonyl (C=O) groups excluding carboxylic acids is 1. The van der Waals surface area contributed by atoms with Gasteiger partial charge in [-0.1, -0.05) is 6.07 Å². The second-order valence-electron chi connectivity index (χ2n) is 5.62. The van der Waals surface area contributed by atoms with Gasteiger partial charge < -0.3 is 4.98 Å². The van der Waals surface area contributed by atoms with Crippen molar-refractivity contribution in [1.29, 1.82) is 0 Å². The molecule has 118 valence electrons. The van der Waals surface area contributed by atoms with Gasteiger partial charge in [-0.3, -0.25) is 4.79 Å². The van der Waals surface area contributed by atoms with E-state index < -0.39 is 5.82 Å². The molecule has 0 saturated carbocycles. The molecule has 0 saturated heterocycles. The van der Waals surface area contributed by atoms with Crippen LogP contribution in [-0.4, -0.2) is 15.8 Å².